The molecule has 4 rings (SSSR count). The van der Waals surface area contributed by atoms with Gasteiger partial charge in [0.05, 0.1) is 5.41 Å². The third-order valence-electron chi connectivity index (χ3n) is 6.01. The first kappa shape index (κ1) is 17.8. The average Bonchev–Trinajstić information content (AvgIpc) is 3.19. The van der Waals surface area contributed by atoms with Gasteiger partial charge >= 0.3 is 0 Å². The molecule has 1 amide bonds. The second kappa shape index (κ2) is 7.22. The molecule has 0 unspecified atom stereocenters. The molecule has 1 saturated carbocycles. The molecule has 1 saturated heterocycles. The van der Waals surface area contributed by atoms with E-state index in [0.717, 1.165) is 50.0 Å². The van der Waals surface area contributed by atoms with Crippen molar-refractivity contribution >= 4 is 11.6 Å². The largest absolute Gasteiger partial charge is 0.508 e. The van der Waals surface area contributed by atoms with Gasteiger partial charge in [-0.3, -0.25) is 4.79 Å². The molecule has 142 valence electrons. The molecule has 2 aliphatic rings. The minimum atomic E-state index is -0.574. The summed E-state index contributed by atoms with van der Waals surface area (Å²) in [6.45, 7) is 2.75. The Morgan fingerprint density at radius 3 is 2.33 bits per heavy atom. The number of nitrogens with zero attached hydrogens (tertiary/aromatic N) is 2. The fourth-order valence-electron chi connectivity index (χ4n) is 4.55. The summed E-state index contributed by atoms with van der Waals surface area (Å²) in [5.74, 6) is 0.114. The van der Waals surface area contributed by atoms with E-state index in [4.69, 9.17) is 0 Å². The zero-order valence-electron chi connectivity index (χ0n) is 15.4. The maximum Gasteiger partial charge on any atom is 0.233 e. The molecular formula is C22H25FN2O2. The fourth-order valence-corrected chi connectivity index (χ4v) is 4.55. The van der Waals surface area contributed by atoms with Crippen LogP contribution in [0.4, 0.5) is 10.1 Å². The zero-order chi connectivity index (χ0) is 18.9. The predicted molar refractivity (Wildman–Crippen MR) is 103 cm³/mol. The Morgan fingerprint density at radius 2 is 1.67 bits per heavy atom. The van der Waals surface area contributed by atoms with E-state index in [9.17, 15) is 14.3 Å². The number of carbonyl (C=O) groups excluding carboxylic acids is 1. The standard InChI is InChI=1S/C22H25FN2O2/c23-18-6-3-5-17(15-18)22(9-1-2-10-22)21(27)25-13-11-24(12-14-25)19-7-4-8-20(26)16-19/h3-8,15-16,26H,1-2,9-14H2. The molecule has 0 atom stereocenters. The summed E-state index contributed by atoms with van der Waals surface area (Å²) in [4.78, 5) is 17.6. The SMILES string of the molecule is O=C(N1CCN(c2cccc(O)c2)CC1)C1(c2cccc(F)c2)CCCC1. The van der Waals surface area contributed by atoms with Crippen LogP contribution in [0.15, 0.2) is 48.5 Å². The van der Waals surface area contributed by atoms with Gasteiger partial charge in [-0.15, -0.1) is 0 Å². The number of aromatic hydroxyl groups is 1. The van der Waals surface area contributed by atoms with Crippen LogP contribution < -0.4 is 4.90 Å². The monoisotopic (exact) mass is 368 g/mol. The van der Waals surface area contributed by atoms with Gasteiger partial charge in [-0.05, 0) is 42.7 Å². The van der Waals surface area contributed by atoms with Crippen LogP contribution in [0.5, 0.6) is 5.75 Å². The minimum absolute atomic E-state index is 0.140. The Labute approximate surface area is 159 Å². The Morgan fingerprint density at radius 1 is 0.963 bits per heavy atom. The van der Waals surface area contributed by atoms with Crippen LogP contribution in [0.1, 0.15) is 31.2 Å². The number of anilines is 1. The number of phenolic OH excluding ortho intramolecular Hbond substituents is 1. The van der Waals surface area contributed by atoms with E-state index in [1.54, 1.807) is 18.2 Å². The van der Waals surface area contributed by atoms with E-state index in [1.165, 1.54) is 12.1 Å². The van der Waals surface area contributed by atoms with Crippen LogP contribution in [0.25, 0.3) is 0 Å². The molecule has 4 nitrogen and oxygen atoms in total. The third kappa shape index (κ3) is 3.38. The summed E-state index contributed by atoms with van der Waals surface area (Å²) in [5, 5.41) is 9.69. The van der Waals surface area contributed by atoms with E-state index in [1.807, 2.05) is 23.1 Å². The molecule has 1 aliphatic heterocycles. The van der Waals surface area contributed by atoms with Crippen LogP contribution in [-0.4, -0.2) is 42.1 Å². The van der Waals surface area contributed by atoms with Gasteiger partial charge in [-0.1, -0.05) is 31.0 Å². The van der Waals surface area contributed by atoms with Crippen molar-refractivity contribution < 1.29 is 14.3 Å². The lowest BCUT2D eigenvalue weighted by Gasteiger charge is -2.40. The maximum atomic E-state index is 13.8. The first-order chi connectivity index (χ1) is 13.1. The summed E-state index contributed by atoms with van der Waals surface area (Å²) in [6.07, 6.45) is 3.60. The van der Waals surface area contributed by atoms with Crippen LogP contribution in [0, 0.1) is 5.82 Å². The van der Waals surface area contributed by atoms with Crippen molar-refractivity contribution in [2.45, 2.75) is 31.1 Å². The molecule has 0 radical (unpaired) electrons. The quantitative estimate of drug-likeness (QED) is 0.899. The van der Waals surface area contributed by atoms with Gasteiger partial charge in [0.1, 0.15) is 11.6 Å². The second-order valence-corrected chi connectivity index (χ2v) is 7.60. The smallest absolute Gasteiger partial charge is 0.233 e. The van der Waals surface area contributed by atoms with Crippen LogP contribution in [0.2, 0.25) is 0 Å². The van der Waals surface area contributed by atoms with E-state index in [0.29, 0.717) is 13.1 Å². The number of amides is 1. The number of benzene rings is 2. The summed E-state index contributed by atoms with van der Waals surface area (Å²) < 4.78 is 13.8. The highest BCUT2D eigenvalue weighted by molar-refractivity contribution is 5.89. The van der Waals surface area contributed by atoms with Crippen LogP contribution >= 0.6 is 0 Å². The fraction of sp³-hybridized carbons (Fsp3) is 0.409. The Hall–Kier alpha value is -2.56. The average molecular weight is 368 g/mol. The Kier molecular flexibility index (Phi) is 4.77. The van der Waals surface area contributed by atoms with E-state index in [2.05, 4.69) is 4.90 Å². The predicted octanol–water partition coefficient (Wildman–Crippen LogP) is 3.69. The van der Waals surface area contributed by atoms with E-state index < -0.39 is 5.41 Å². The van der Waals surface area contributed by atoms with Crippen molar-refractivity contribution in [3.63, 3.8) is 0 Å². The molecule has 1 aliphatic carbocycles. The highest BCUT2D eigenvalue weighted by Gasteiger charge is 2.45. The number of piperazine rings is 1. The molecule has 0 spiro atoms. The third-order valence-corrected chi connectivity index (χ3v) is 6.01. The lowest BCUT2D eigenvalue weighted by molar-refractivity contribution is -0.137. The number of carbonyl (C=O) groups is 1. The molecule has 2 aromatic rings. The number of hydrogen-bond donors (Lipinski definition) is 1. The molecule has 1 N–H and O–H groups in total. The number of halogens is 1. The van der Waals surface area contributed by atoms with Gasteiger partial charge in [0.25, 0.3) is 0 Å². The van der Waals surface area contributed by atoms with E-state index >= 15 is 0 Å². The zero-order valence-corrected chi connectivity index (χ0v) is 15.4. The summed E-state index contributed by atoms with van der Waals surface area (Å²) >= 11 is 0. The van der Waals surface area contributed by atoms with Crippen LogP contribution in [-0.2, 0) is 10.2 Å². The van der Waals surface area contributed by atoms with Gasteiger partial charge in [0.2, 0.25) is 5.91 Å². The highest BCUT2D eigenvalue weighted by atomic mass is 19.1. The lowest BCUT2D eigenvalue weighted by Crippen LogP contribution is -2.54. The number of phenols is 1. The molecule has 2 fully saturated rings. The van der Waals surface area contributed by atoms with Crippen molar-refractivity contribution in [1.29, 1.82) is 0 Å². The van der Waals surface area contributed by atoms with Gasteiger partial charge in [-0.25, -0.2) is 4.39 Å². The van der Waals surface area contributed by atoms with Crippen molar-refractivity contribution in [3.05, 3.63) is 59.9 Å². The minimum Gasteiger partial charge on any atom is -0.508 e. The van der Waals surface area contributed by atoms with Crippen molar-refractivity contribution in [2.24, 2.45) is 0 Å². The highest BCUT2D eigenvalue weighted by Crippen LogP contribution is 2.43. The van der Waals surface area contributed by atoms with Gasteiger partial charge in [0, 0.05) is 37.9 Å². The second-order valence-electron chi connectivity index (χ2n) is 7.60. The molecule has 27 heavy (non-hydrogen) atoms. The molecule has 5 heteroatoms. The normalized spacial score (nSPS) is 19.3. The molecular weight excluding hydrogens is 343 g/mol. The number of hydrogen-bond acceptors (Lipinski definition) is 3. The summed E-state index contributed by atoms with van der Waals surface area (Å²) in [5.41, 5.74) is 1.22. The first-order valence-corrected chi connectivity index (χ1v) is 9.68. The molecule has 2 aromatic carbocycles. The number of rotatable bonds is 3. The van der Waals surface area contributed by atoms with Gasteiger partial charge < -0.3 is 14.9 Å². The maximum absolute atomic E-state index is 13.8. The van der Waals surface area contributed by atoms with Crippen molar-refractivity contribution in [2.75, 3.05) is 31.1 Å². The molecule has 0 bridgehead atoms. The van der Waals surface area contributed by atoms with E-state index in [-0.39, 0.29) is 17.5 Å². The van der Waals surface area contributed by atoms with Crippen molar-refractivity contribution in [3.8, 4) is 5.75 Å². The van der Waals surface area contributed by atoms with Crippen LogP contribution in [0.3, 0.4) is 0 Å². The molecule has 1 heterocycles. The summed E-state index contributed by atoms with van der Waals surface area (Å²) in [7, 11) is 0. The topological polar surface area (TPSA) is 43.8 Å². The lowest BCUT2D eigenvalue weighted by atomic mass is 9.77. The Balaban J connectivity index is 1.51. The molecule has 0 aromatic heterocycles. The summed E-state index contributed by atoms with van der Waals surface area (Å²) in [6, 6.07) is 13.8. The first-order valence-electron chi connectivity index (χ1n) is 9.68. The Bertz CT molecular complexity index is 825. The van der Waals surface area contributed by atoms with Crippen molar-refractivity contribution in [1.82, 2.24) is 4.90 Å². The van der Waals surface area contributed by atoms with Gasteiger partial charge in [-0.2, -0.15) is 0 Å². The van der Waals surface area contributed by atoms with Gasteiger partial charge in [0.15, 0.2) is 0 Å².